The van der Waals surface area contributed by atoms with Crippen LogP contribution in [-0.4, -0.2) is 38.8 Å². The highest BCUT2D eigenvalue weighted by molar-refractivity contribution is 8.18. The van der Waals surface area contributed by atoms with Gasteiger partial charge in [-0.3, -0.25) is 9.69 Å². The fourth-order valence-corrected chi connectivity index (χ4v) is 6.32. The van der Waals surface area contributed by atoms with E-state index >= 15 is 0 Å². The van der Waals surface area contributed by atoms with Gasteiger partial charge in [0.05, 0.1) is 11.5 Å². The molecule has 0 atom stereocenters. The molecule has 2 heterocycles. The number of carbonyl (C=O) groups is 1. The number of halogens is 1. The van der Waals surface area contributed by atoms with Gasteiger partial charge < -0.3 is 9.47 Å². The minimum atomic E-state index is -0.0112. The van der Waals surface area contributed by atoms with E-state index in [1.165, 1.54) is 29.5 Å². The first kappa shape index (κ1) is 26.7. The van der Waals surface area contributed by atoms with Crippen LogP contribution in [0.25, 0.3) is 6.08 Å². The minimum Gasteiger partial charge on any atom is -0.490 e. The average Bonchev–Trinajstić information content (AvgIpc) is 3.47. The molecule has 3 aromatic rings. The van der Waals surface area contributed by atoms with Crippen LogP contribution in [0.3, 0.4) is 0 Å². The van der Waals surface area contributed by atoms with Crippen molar-refractivity contribution in [2.45, 2.75) is 58.6 Å². The second kappa shape index (κ2) is 12.3. The van der Waals surface area contributed by atoms with Crippen LogP contribution in [-0.2, 0) is 11.4 Å². The third-order valence-corrected chi connectivity index (χ3v) is 8.32. The summed E-state index contributed by atoms with van der Waals surface area (Å²) < 4.78 is 11.9. The number of hydrogen-bond donors (Lipinski definition) is 0. The number of amidine groups is 1. The van der Waals surface area contributed by atoms with E-state index in [1.54, 1.807) is 0 Å². The van der Waals surface area contributed by atoms with Crippen LogP contribution in [0.15, 0.2) is 52.4 Å². The number of thioether (sulfide) groups is 1. The summed E-state index contributed by atoms with van der Waals surface area (Å²) in [6.45, 7) is 4.73. The van der Waals surface area contributed by atoms with Gasteiger partial charge in [-0.15, -0.1) is 10.2 Å². The molecule has 198 valence electrons. The topological polar surface area (TPSA) is 76.9 Å². The standard InChI is InChI=1S/C28H29ClN4O3S2/c1-3-35-24-15-20(11-14-23(24)36-17-19-9-12-21(29)13-10-19)16-25-26(34)33(22-7-5-4-6-8-22)28(38-25)30-27-32-31-18(2)37-27/h9-16,22H,3-8,17H2,1-2H3/b25-16-,30-28+. The lowest BCUT2D eigenvalue weighted by Gasteiger charge is -2.30. The van der Waals surface area contributed by atoms with Crippen LogP contribution in [0, 0.1) is 6.92 Å². The summed E-state index contributed by atoms with van der Waals surface area (Å²) >= 11 is 8.81. The SMILES string of the molecule is CCOc1cc(/C=C2\S/C(=N/c3nnc(C)s3)N(C3CCCCC3)C2=O)ccc1OCc1ccc(Cl)cc1. The summed E-state index contributed by atoms with van der Waals surface area (Å²) in [7, 11) is 0. The lowest BCUT2D eigenvalue weighted by Crippen LogP contribution is -2.40. The van der Waals surface area contributed by atoms with Gasteiger partial charge in [-0.1, -0.05) is 60.4 Å². The van der Waals surface area contributed by atoms with Crippen LogP contribution >= 0.6 is 34.7 Å². The highest BCUT2D eigenvalue weighted by atomic mass is 35.5. The molecule has 2 fully saturated rings. The Kier molecular flexibility index (Phi) is 8.66. The first-order valence-electron chi connectivity index (χ1n) is 12.8. The lowest BCUT2D eigenvalue weighted by atomic mass is 9.94. The maximum absolute atomic E-state index is 13.6. The third-order valence-electron chi connectivity index (χ3n) is 6.36. The Hall–Kier alpha value is -2.88. The Balaban J connectivity index is 1.40. The molecule has 1 saturated heterocycles. The van der Waals surface area contributed by atoms with Crippen molar-refractivity contribution in [3.8, 4) is 11.5 Å². The molecule has 2 aliphatic rings. The molecule has 0 bridgehead atoms. The molecule has 2 aromatic carbocycles. The molecule has 1 aromatic heterocycles. The Morgan fingerprint density at radius 1 is 1.08 bits per heavy atom. The number of ether oxygens (including phenoxy) is 2. The van der Waals surface area contributed by atoms with Gasteiger partial charge in [-0.05, 0) is 79.9 Å². The largest absolute Gasteiger partial charge is 0.490 e. The van der Waals surface area contributed by atoms with Crippen molar-refractivity contribution in [3.63, 3.8) is 0 Å². The zero-order chi connectivity index (χ0) is 26.5. The molecular formula is C28H29ClN4O3S2. The molecule has 0 radical (unpaired) electrons. The Morgan fingerprint density at radius 2 is 1.87 bits per heavy atom. The van der Waals surface area contributed by atoms with E-state index in [-0.39, 0.29) is 11.9 Å². The van der Waals surface area contributed by atoms with Crippen molar-refractivity contribution in [3.05, 3.63) is 68.5 Å². The predicted octanol–water partition coefficient (Wildman–Crippen LogP) is 7.41. The number of benzene rings is 2. The first-order chi connectivity index (χ1) is 18.5. The minimum absolute atomic E-state index is 0.0112. The Labute approximate surface area is 235 Å². The average molecular weight is 569 g/mol. The zero-order valence-corrected chi connectivity index (χ0v) is 23.7. The molecular weight excluding hydrogens is 540 g/mol. The third kappa shape index (κ3) is 6.39. The van der Waals surface area contributed by atoms with E-state index < -0.39 is 0 Å². The van der Waals surface area contributed by atoms with Gasteiger partial charge >= 0.3 is 0 Å². The molecule has 1 aliphatic carbocycles. The van der Waals surface area contributed by atoms with Crippen LogP contribution in [0.4, 0.5) is 5.13 Å². The summed E-state index contributed by atoms with van der Waals surface area (Å²) in [6, 6.07) is 13.4. The Morgan fingerprint density at radius 3 is 2.58 bits per heavy atom. The van der Waals surface area contributed by atoms with Crippen molar-refractivity contribution in [2.75, 3.05) is 6.61 Å². The van der Waals surface area contributed by atoms with Crippen molar-refractivity contribution >= 4 is 57.0 Å². The van der Waals surface area contributed by atoms with E-state index in [0.717, 1.165) is 41.8 Å². The summed E-state index contributed by atoms with van der Waals surface area (Å²) in [6.07, 6.45) is 7.34. The maximum Gasteiger partial charge on any atom is 0.267 e. The normalized spacial score (nSPS) is 18.5. The maximum atomic E-state index is 13.6. The molecule has 10 heteroatoms. The van der Waals surface area contributed by atoms with Gasteiger partial charge in [-0.25, -0.2) is 0 Å². The smallest absolute Gasteiger partial charge is 0.267 e. The van der Waals surface area contributed by atoms with E-state index in [2.05, 4.69) is 10.2 Å². The highest BCUT2D eigenvalue weighted by Gasteiger charge is 2.39. The number of carbonyl (C=O) groups excluding carboxylic acids is 1. The quantitative estimate of drug-likeness (QED) is 0.263. The molecule has 5 rings (SSSR count). The monoisotopic (exact) mass is 568 g/mol. The van der Waals surface area contributed by atoms with Crippen LogP contribution in [0.2, 0.25) is 5.02 Å². The van der Waals surface area contributed by atoms with Gasteiger partial charge in [0.1, 0.15) is 11.6 Å². The van der Waals surface area contributed by atoms with E-state index in [9.17, 15) is 4.79 Å². The lowest BCUT2D eigenvalue weighted by molar-refractivity contribution is -0.124. The first-order valence-corrected chi connectivity index (χ1v) is 14.8. The van der Waals surface area contributed by atoms with Crippen LogP contribution < -0.4 is 9.47 Å². The highest BCUT2D eigenvalue weighted by Crippen LogP contribution is 2.39. The summed E-state index contributed by atoms with van der Waals surface area (Å²) in [5.41, 5.74) is 1.87. The van der Waals surface area contributed by atoms with Gasteiger partial charge in [-0.2, -0.15) is 4.99 Å². The van der Waals surface area contributed by atoms with Gasteiger partial charge in [0.25, 0.3) is 5.91 Å². The van der Waals surface area contributed by atoms with Crippen molar-refractivity contribution < 1.29 is 14.3 Å². The number of rotatable bonds is 8. The molecule has 38 heavy (non-hydrogen) atoms. The summed E-state index contributed by atoms with van der Waals surface area (Å²) in [5.74, 6) is 1.27. The number of hydrogen-bond acceptors (Lipinski definition) is 8. The fraction of sp³-hybridized carbons (Fsp3) is 0.357. The molecule has 1 aliphatic heterocycles. The number of aliphatic imine (C=N–C) groups is 1. The van der Waals surface area contributed by atoms with Crippen molar-refractivity contribution in [2.24, 2.45) is 4.99 Å². The molecule has 1 saturated carbocycles. The number of aromatic nitrogens is 2. The number of aryl methyl sites for hydroxylation is 1. The predicted molar refractivity (Wildman–Crippen MR) is 154 cm³/mol. The Bertz CT molecular complexity index is 1350. The molecule has 1 amide bonds. The van der Waals surface area contributed by atoms with Crippen LogP contribution in [0.5, 0.6) is 11.5 Å². The van der Waals surface area contributed by atoms with Crippen molar-refractivity contribution in [1.29, 1.82) is 0 Å². The van der Waals surface area contributed by atoms with E-state index in [4.69, 9.17) is 26.1 Å². The second-order valence-corrected chi connectivity index (χ2v) is 11.7. The van der Waals surface area contributed by atoms with Gasteiger partial charge in [0, 0.05) is 11.1 Å². The number of amides is 1. The summed E-state index contributed by atoms with van der Waals surface area (Å²) in [5, 5.41) is 11.0. The van der Waals surface area contributed by atoms with E-state index in [0.29, 0.717) is 44.9 Å². The molecule has 0 N–H and O–H groups in total. The van der Waals surface area contributed by atoms with Crippen molar-refractivity contribution in [1.82, 2.24) is 15.1 Å². The second-order valence-electron chi connectivity index (χ2n) is 9.13. The van der Waals surface area contributed by atoms with Gasteiger partial charge in [0.15, 0.2) is 16.7 Å². The van der Waals surface area contributed by atoms with E-state index in [1.807, 2.05) is 67.3 Å². The summed E-state index contributed by atoms with van der Waals surface area (Å²) in [4.78, 5) is 20.9. The van der Waals surface area contributed by atoms with Crippen LogP contribution in [0.1, 0.15) is 55.2 Å². The fourth-order valence-electron chi connectivity index (χ4n) is 4.53. The number of nitrogens with zero attached hydrogens (tertiary/aromatic N) is 4. The van der Waals surface area contributed by atoms with Gasteiger partial charge in [0.2, 0.25) is 5.13 Å². The molecule has 0 spiro atoms. The zero-order valence-electron chi connectivity index (χ0n) is 21.4. The molecule has 7 nitrogen and oxygen atoms in total. The molecule has 0 unspecified atom stereocenters.